The van der Waals surface area contributed by atoms with Gasteiger partial charge in [0.05, 0.1) is 23.8 Å². The molecule has 1 fully saturated rings. The first-order valence-corrected chi connectivity index (χ1v) is 17.3. The highest BCUT2D eigenvalue weighted by Crippen LogP contribution is 2.25. The number of amides is 1. The second-order valence-electron chi connectivity index (χ2n) is 14.8. The van der Waals surface area contributed by atoms with E-state index in [0.717, 1.165) is 29.1 Å². The van der Waals surface area contributed by atoms with Crippen LogP contribution in [0.2, 0.25) is 0 Å². The molecule has 2 aromatic rings. The first-order chi connectivity index (χ1) is 21.7. The van der Waals surface area contributed by atoms with Gasteiger partial charge in [-0.3, -0.25) is 0 Å². The fourth-order valence-corrected chi connectivity index (χ4v) is 4.35. The zero-order valence-corrected chi connectivity index (χ0v) is 31.9. The number of hydrogen-bond acceptors (Lipinski definition) is 8. The van der Waals surface area contributed by atoms with Crippen LogP contribution in [0.15, 0.2) is 37.8 Å². The molecule has 4 rings (SSSR count). The normalized spacial score (nSPS) is 17.7. The maximum Gasteiger partial charge on any atom is 0.410 e. The first kappa shape index (κ1) is 41.7. The summed E-state index contributed by atoms with van der Waals surface area (Å²) in [6, 6.07) is 2.50. The van der Waals surface area contributed by atoms with Gasteiger partial charge >= 0.3 is 17.7 Å². The van der Waals surface area contributed by atoms with E-state index in [1.807, 2.05) is 67.5 Å². The lowest BCUT2D eigenvalue weighted by Crippen LogP contribution is -2.32. The fourth-order valence-electron chi connectivity index (χ4n) is 4.35. The molecule has 2 aliphatic rings. The molecule has 1 saturated heterocycles. The molecule has 0 aliphatic carbocycles. The number of esters is 1. The summed E-state index contributed by atoms with van der Waals surface area (Å²) in [5.41, 5.74) is 2.42. The molecule has 4 heterocycles. The van der Waals surface area contributed by atoms with Crippen LogP contribution in [0.3, 0.4) is 0 Å². The molecule has 0 radical (unpaired) electrons. The Morgan fingerprint density at radius 3 is 1.57 bits per heavy atom. The van der Waals surface area contributed by atoms with E-state index in [-0.39, 0.29) is 53.8 Å². The molecule has 0 saturated carbocycles. The van der Waals surface area contributed by atoms with E-state index in [9.17, 15) is 14.4 Å². The van der Waals surface area contributed by atoms with Crippen molar-refractivity contribution in [2.24, 2.45) is 17.8 Å². The molecule has 2 atom stereocenters. The van der Waals surface area contributed by atoms with Gasteiger partial charge in [-0.05, 0) is 63.4 Å². The highest BCUT2D eigenvalue weighted by Gasteiger charge is 2.34. The number of aromatic nitrogens is 2. The van der Waals surface area contributed by atoms with Gasteiger partial charge in [0, 0.05) is 29.8 Å². The van der Waals surface area contributed by atoms with Gasteiger partial charge in [0.1, 0.15) is 18.0 Å². The Morgan fingerprint density at radius 1 is 0.723 bits per heavy atom. The van der Waals surface area contributed by atoms with Crippen LogP contribution >= 0.6 is 0 Å². The lowest BCUT2D eigenvalue weighted by atomic mass is 10.0. The average Bonchev–Trinajstić information content (AvgIpc) is 3.75. The summed E-state index contributed by atoms with van der Waals surface area (Å²) in [6.45, 7) is 33.4. The van der Waals surface area contributed by atoms with E-state index in [1.54, 1.807) is 15.8 Å². The third-order valence-electron chi connectivity index (χ3n) is 7.86. The smallest absolute Gasteiger partial charge is 0.410 e. The maximum atomic E-state index is 11.2. The molecule has 47 heavy (non-hydrogen) atoms. The van der Waals surface area contributed by atoms with Crippen molar-refractivity contribution < 1.29 is 28.1 Å². The second kappa shape index (κ2) is 18.9. The zero-order chi connectivity index (χ0) is 36.3. The van der Waals surface area contributed by atoms with Crippen LogP contribution in [0.5, 0.6) is 0 Å². The van der Waals surface area contributed by atoms with Crippen molar-refractivity contribution in [3.05, 3.63) is 51.4 Å². The molecule has 10 heteroatoms. The van der Waals surface area contributed by atoms with Crippen LogP contribution in [0.25, 0.3) is 0 Å². The number of rotatable bonds is 8. The highest BCUT2D eigenvalue weighted by atomic mass is 16.6. The van der Waals surface area contributed by atoms with Crippen LogP contribution in [-0.4, -0.2) is 51.7 Å². The van der Waals surface area contributed by atoms with E-state index in [4.69, 9.17) is 18.5 Å². The van der Waals surface area contributed by atoms with Crippen molar-refractivity contribution in [3.63, 3.8) is 0 Å². The Morgan fingerprint density at radius 2 is 1.32 bits per heavy atom. The van der Waals surface area contributed by atoms with E-state index >= 15 is 0 Å². The topological polar surface area (TPSA) is 117 Å². The summed E-state index contributed by atoms with van der Waals surface area (Å²) in [5.74, 6) is 3.06. The molecular formula is C37H63N3O7. The van der Waals surface area contributed by atoms with Crippen LogP contribution < -0.4 is 5.63 Å². The van der Waals surface area contributed by atoms with E-state index in [0.29, 0.717) is 23.7 Å². The Hall–Kier alpha value is -3.30. The number of hydrogen-bond donors (Lipinski definition) is 0. The van der Waals surface area contributed by atoms with Gasteiger partial charge in [-0.2, -0.15) is 0 Å². The number of carbonyl (C=O) groups is 2. The molecular weight excluding hydrogens is 598 g/mol. The quantitative estimate of drug-likeness (QED) is 0.257. The van der Waals surface area contributed by atoms with Crippen molar-refractivity contribution in [2.75, 3.05) is 6.54 Å². The molecule has 2 unspecified atom stereocenters. The predicted octanol–water partition coefficient (Wildman–Crippen LogP) is 9.09. The fraction of sp³-hybridized carbons (Fsp3) is 0.730. The maximum absolute atomic E-state index is 11.2. The molecule has 10 nitrogen and oxygen atoms in total. The van der Waals surface area contributed by atoms with E-state index < -0.39 is 0 Å². The van der Waals surface area contributed by atoms with Gasteiger partial charge in [-0.15, -0.1) is 0 Å². The van der Waals surface area contributed by atoms with Gasteiger partial charge in [0.2, 0.25) is 0 Å². The monoisotopic (exact) mass is 661 g/mol. The Bertz CT molecular complexity index is 1300. The minimum absolute atomic E-state index is 0.00472. The molecule has 2 aromatic heterocycles. The van der Waals surface area contributed by atoms with Crippen LogP contribution in [-0.2, 0) is 14.3 Å². The highest BCUT2D eigenvalue weighted by molar-refractivity contribution is 5.91. The lowest BCUT2D eigenvalue weighted by molar-refractivity contribution is -0.141. The molecule has 2 aliphatic heterocycles. The number of carbonyl (C=O) groups excluding carboxylic acids is 2. The predicted molar refractivity (Wildman–Crippen MR) is 187 cm³/mol. The molecule has 1 amide bonds. The minimum Gasteiger partial charge on any atom is -0.454 e. The van der Waals surface area contributed by atoms with Gasteiger partial charge in [-0.1, -0.05) is 88.2 Å². The SMILES string of the molecule is CC(C)C1=CC(C(C)C)OC1=O.CC(C)C1CN(C(C)C)C(=O)O1.CC(C)c1cc(C(C)C)on1.CC(C)c1cn(C(C)C)oc1=O. The zero-order valence-electron chi connectivity index (χ0n) is 31.9. The molecule has 0 bridgehead atoms. The standard InChI is InChI=1S/C10H16O2.C9H17NO2.C9H15NO2.C9H15NO/c1-6(2)8-5-9(7(3)4)12-10(8)11;1-6(2)8-5-10(7(3)4)9(11)12-8;1-6(2)8-5-10(7(3)4)12-9(8)11;1-6(2)8-5-9(7(3)4)11-10-8/h5-7,9H,1-4H3;6-8H,5H2,1-4H3;5-7H,1-4H3;5-7H,1-4H3. The summed E-state index contributed by atoms with van der Waals surface area (Å²) in [4.78, 5) is 35.4. The molecule has 268 valence electrons. The third-order valence-corrected chi connectivity index (χ3v) is 7.86. The van der Waals surface area contributed by atoms with E-state index in [1.165, 1.54) is 0 Å². The third kappa shape index (κ3) is 13.0. The summed E-state index contributed by atoms with van der Waals surface area (Å²) in [6.07, 6.45) is 3.66. The molecule has 0 aromatic carbocycles. The van der Waals surface area contributed by atoms with Gasteiger partial charge < -0.3 is 23.4 Å². The summed E-state index contributed by atoms with van der Waals surface area (Å²) in [7, 11) is 0. The Labute approximate surface area is 283 Å². The Kier molecular flexibility index (Phi) is 16.8. The molecule has 0 N–H and O–H groups in total. The van der Waals surface area contributed by atoms with Crippen molar-refractivity contribution in [3.8, 4) is 0 Å². The van der Waals surface area contributed by atoms with Gasteiger partial charge in [0.15, 0.2) is 0 Å². The number of nitrogens with zero attached hydrogens (tertiary/aromatic N) is 3. The molecule has 0 spiro atoms. The van der Waals surface area contributed by atoms with Crippen molar-refractivity contribution >= 4 is 12.1 Å². The van der Waals surface area contributed by atoms with Gasteiger partial charge in [-0.25, -0.2) is 19.1 Å². The van der Waals surface area contributed by atoms with Crippen LogP contribution in [0, 0.1) is 17.8 Å². The van der Waals surface area contributed by atoms with Crippen LogP contribution in [0.4, 0.5) is 4.79 Å². The summed E-state index contributed by atoms with van der Waals surface area (Å²) >= 11 is 0. The largest absolute Gasteiger partial charge is 0.454 e. The lowest BCUT2D eigenvalue weighted by Gasteiger charge is -2.17. The number of cyclic esters (lactones) is 2. The van der Waals surface area contributed by atoms with Crippen molar-refractivity contribution in [1.29, 1.82) is 0 Å². The Balaban J connectivity index is 0.000000314. The number of ether oxygens (including phenoxy) is 2. The summed E-state index contributed by atoms with van der Waals surface area (Å²) in [5, 5.41) is 3.96. The minimum atomic E-state index is -0.210. The first-order valence-electron chi connectivity index (χ1n) is 17.3. The van der Waals surface area contributed by atoms with Crippen molar-refractivity contribution in [2.45, 2.75) is 153 Å². The van der Waals surface area contributed by atoms with E-state index in [2.05, 4.69) is 60.5 Å². The van der Waals surface area contributed by atoms with Gasteiger partial charge in [0.25, 0.3) is 0 Å². The second-order valence-corrected chi connectivity index (χ2v) is 14.8. The van der Waals surface area contributed by atoms with Crippen LogP contribution in [0.1, 0.15) is 152 Å². The average molecular weight is 662 g/mol. The van der Waals surface area contributed by atoms with Crippen molar-refractivity contribution in [1.82, 2.24) is 14.8 Å². The summed E-state index contributed by atoms with van der Waals surface area (Å²) < 4.78 is 22.1.